The quantitative estimate of drug-likeness (QED) is 0.812. The lowest BCUT2D eigenvalue weighted by Gasteiger charge is -2.09. The lowest BCUT2D eigenvalue weighted by Crippen LogP contribution is -2.16. The minimum atomic E-state index is -0.0497. The molecule has 0 aliphatic carbocycles. The predicted molar refractivity (Wildman–Crippen MR) is 72.2 cm³/mol. The molecular weight excluding hydrogens is 210 g/mol. The van der Waals surface area contributed by atoms with Gasteiger partial charge in [-0.2, -0.15) is 0 Å². The maximum atomic E-state index is 5.88. The van der Waals surface area contributed by atoms with E-state index in [-0.39, 0.29) is 6.04 Å². The van der Waals surface area contributed by atoms with E-state index in [0.717, 1.165) is 29.7 Å². The third kappa shape index (κ3) is 3.51. The first-order valence-electron chi connectivity index (χ1n) is 6.01. The number of ether oxygens (including phenoxy) is 1. The Bertz CT molecular complexity index is 440. The van der Waals surface area contributed by atoms with Crippen LogP contribution in [0.2, 0.25) is 0 Å². The number of rotatable bonds is 3. The van der Waals surface area contributed by atoms with Gasteiger partial charge in [0.05, 0.1) is 18.7 Å². The highest BCUT2D eigenvalue weighted by Crippen LogP contribution is 2.25. The fourth-order valence-corrected chi connectivity index (χ4v) is 1.71. The van der Waals surface area contributed by atoms with Crippen molar-refractivity contribution in [2.75, 3.05) is 7.11 Å². The third-order valence-electron chi connectivity index (χ3n) is 2.87. The molecule has 2 N–H and O–H groups in total. The number of nitrogens with two attached hydrogens (primary N) is 1. The molecule has 1 aromatic rings. The van der Waals surface area contributed by atoms with Gasteiger partial charge in [-0.25, -0.2) is 0 Å². The molecule has 0 heterocycles. The lowest BCUT2D eigenvalue weighted by atomic mass is 10.0. The summed E-state index contributed by atoms with van der Waals surface area (Å²) >= 11 is 0. The molecule has 2 heteroatoms. The van der Waals surface area contributed by atoms with E-state index in [9.17, 15) is 0 Å². The van der Waals surface area contributed by atoms with Gasteiger partial charge < -0.3 is 10.5 Å². The van der Waals surface area contributed by atoms with Gasteiger partial charge in [-0.15, -0.1) is 0 Å². The summed E-state index contributed by atoms with van der Waals surface area (Å²) in [4.78, 5) is 0. The fourth-order valence-electron chi connectivity index (χ4n) is 1.71. The average Bonchev–Trinajstić information content (AvgIpc) is 2.31. The van der Waals surface area contributed by atoms with Crippen LogP contribution >= 0.6 is 0 Å². The Morgan fingerprint density at radius 1 is 1.35 bits per heavy atom. The number of hydrogen-bond donors (Lipinski definition) is 1. The van der Waals surface area contributed by atoms with Gasteiger partial charge >= 0.3 is 0 Å². The largest absolute Gasteiger partial charge is 0.495 e. The van der Waals surface area contributed by atoms with Gasteiger partial charge in [0, 0.05) is 0 Å². The van der Waals surface area contributed by atoms with E-state index in [2.05, 4.69) is 31.8 Å². The van der Waals surface area contributed by atoms with Crippen molar-refractivity contribution in [3.05, 3.63) is 28.8 Å². The highest BCUT2D eigenvalue weighted by atomic mass is 16.5. The van der Waals surface area contributed by atoms with Crippen molar-refractivity contribution in [3.8, 4) is 17.6 Å². The van der Waals surface area contributed by atoms with Gasteiger partial charge in [0.15, 0.2) is 0 Å². The van der Waals surface area contributed by atoms with E-state index >= 15 is 0 Å². The Morgan fingerprint density at radius 3 is 2.65 bits per heavy atom. The third-order valence-corrected chi connectivity index (χ3v) is 2.87. The Kier molecular flexibility index (Phi) is 5.06. The second kappa shape index (κ2) is 6.32. The summed E-state index contributed by atoms with van der Waals surface area (Å²) in [6.07, 6.45) is 1.99. The molecule has 1 atom stereocenters. The fraction of sp³-hybridized carbons (Fsp3) is 0.467. The standard InChI is InChI=1S/C15H21NO/c1-5-6-14(16)10-9-13-8-7-11(2)12(3)15(13)17-4/h7-8,14H,5-6,16H2,1-4H3. The van der Waals surface area contributed by atoms with Crippen LogP contribution in [0, 0.1) is 25.7 Å². The molecule has 0 aliphatic rings. The van der Waals surface area contributed by atoms with Crippen molar-refractivity contribution < 1.29 is 4.74 Å². The summed E-state index contributed by atoms with van der Waals surface area (Å²) in [5.74, 6) is 7.05. The monoisotopic (exact) mass is 231 g/mol. The molecule has 2 nitrogen and oxygen atoms in total. The molecule has 17 heavy (non-hydrogen) atoms. The topological polar surface area (TPSA) is 35.2 Å². The smallest absolute Gasteiger partial charge is 0.137 e. The van der Waals surface area contributed by atoms with Crippen LogP contribution in [0.25, 0.3) is 0 Å². The Hall–Kier alpha value is -1.46. The van der Waals surface area contributed by atoms with Crippen molar-refractivity contribution in [2.45, 2.75) is 39.7 Å². The van der Waals surface area contributed by atoms with Crippen LogP contribution in [0.5, 0.6) is 5.75 Å². The van der Waals surface area contributed by atoms with Gasteiger partial charge in [0.1, 0.15) is 5.75 Å². The molecule has 0 amide bonds. The molecular formula is C15H21NO. The highest BCUT2D eigenvalue weighted by molar-refractivity contribution is 5.53. The predicted octanol–water partition coefficient (Wildman–Crippen LogP) is 2.79. The second-order valence-electron chi connectivity index (χ2n) is 4.25. The summed E-state index contributed by atoms with van der Waals surface area (Å²) in [7, 11) is 1.68. The summed E-state index contributed by atoms with van der Waals surface area (Å²) in [6, 6.07) is 4.01. The van der Waals surface area contributed by atoms with Crippen LogP contribution in [-0.4, -0.2) is 13.2 Å². The number of methoxy groups -OCH3 is 1. The molecule has 1 unspecified atom stereocenters. The number of benzene rings is 1. The molecule has 0 bridgehead atoms. The van der Waals surface area contributed by atoms with Crippen LogP contribution < -0.4 is 10.5 Å². The molecule has 0 spiro atoms. The molecule has 0 aromatic heterocycles. The van der Waals surface area contributed by atoms with E-state index in [4.69, 9.17) is 10.5 Å². The maximum Gasteiger partial charge on any atom is 0.137 e. The minimum absolute atomic E-state index is 0.0497. The molecule has 0 aliphatic heterocycles. The van der Waals surface area contributed by atoms with Crippen molar-refractivity contribution in [1.29, 1.82) is 0 Å². The van der Waals surface area contributed by atoms with Gasteiger partial charge in [0.2, 0.25) is 0 Å². The normalized spacial score (nSPS) is 11.6. The van der Waals surface area contributed by atoms with Crippen molar-refractivity contribution in [1.82, 2.24) is 0 Å². The van der Waals surface area contributed by atoms with Gasteiger partial charge in [-0.3, -0.25) is 0 Å². The van der Waals surface area contributed by atoms with Crippen LogP contribution in [0.3, 0.4) is 0 Å². The van der Waals surface area contributed by atoms with Crippen molar-refractivity contribution in [3.63, 3.8) is 0 Å². The van der Waals surface area contributed by atoms with Crippen LogP contribution in [-0.2, 0) is 0 Å². The van der Waals surface area contributed by atoms with E-state index in [1.165, 1.54) is 5.56 Å². The van der Waals surface area contributed by atoms with Crippen molar-refractivity contribution >= 4 is 0 Å². The average molecular weight is 231 g/mol. The molecule has 92 valence electrons. The van der Waals surface area contributed by atoms with Gasteiger partial charge in [-0.1, -0.05) is 31.3 Å². The van der Waals surface area contributed by atoms with Crippen LogP contribution in [0.15, 0.2) is 12.1 Å². The van der Waals surface area contributed by atoms with E-state index in [1.807, 2.05) is 13.0 Å². The lowest BCUT2D eigenvalue weighted by molar-refractivity contribution is 0.410. The molecule has 0 saturated carbocycles. The van der Waals surface area contributed by atoms with Crippen molar-refractivity contribution in [2.24, 2.45) is 5.73 Å². The zero-order valence-electron chi connectivity index (χ0n) is 11.1. The Labute approximate surface area is 104 Å². The second-order valence-corrected chi connectivity index (χ2v) is 4.25. The number of hydrogen-bond acceptors (Lipinski definition) is 2. The first kappa shape index (κ1) is 13.6. The first-order valence-corrected chi connectivity index (χ1v) is 6.01. The van der Waals surface area contributed by atoms with Crippen LogP contribution in [0.4, 0.5) is 0 Å². The van der Waals surface area contributed by atoms with E-state index in [1.54, 1.807) is 7.11 Å². The molecule has 1 aromatic carbocycles. The summed E-state index contributed by atoms with van der Waals surface area (Å²) in [6.45, 7) is 6.22. The highest BCUT2D eigenvalue weighted by Gasteiger charge is 2.06. The van der Waals surface area contributed by atoms with Gasteiger partial charge in [0.25, 0.3) is 0 Å². The number of aryl methyl sites for hydroxylation is 1. The van der Waals surface area contributed by atoms with E-state index < -0.39 is 0 Å². The zero-order valence-corrected chi connectivity index (χ0v) is 11.1. The summed E-state index contributed by atoms with van der Waals surface area (Å²) < 4.78 is 5.41. The Balaban J connectivity index is 3.02. The molecule has 1 rings (SSSR count). The summed E-state index contributed by atoms with van der Waals surface area (Å²) in [5, 5.41) is 0. The Morgan fingerprint density at radius 2 is 2.06 bits per heavy atom. The minimum Gasteiger partial charge on any atom is -0.495 e. The SMILES string of the molecule is CCCC(N)C#Cc1ccc(C)c(C)c1OC. The molecule has 0 fully saturated rings. The molecule has 0 radical (unpaired) electrons. The maximum absolute atomic E-state index is 5.88. The van der Waals surface area contributed by atoms with Gasteiger partial charge in [-0.05, 0) is 37.5 Å². The summed E-state index contributed by atoms with van der Waals surface area (Å²) in [5.41, 5.74) is 9.15. The molecule has 0 saturated heterocycles. The first-order chi connectivity index (χ1) is 8.10. The zero-order chi connectivity index (χ0) is 12.8. The van der Waals surface area contributed by atoms with Crippen LogP contribution in [0.1, 0.15) is 36.5 Å². The van der Waals surface area contributed by atoms with E-state index in [0.29, 0.717) is 0 Å².